The zero-order valence-corrected chi connectivity index (χ0v) is 11.9. The van der Waals surface area contributed by atoms with Gasteiger partial charge in [0, 0.05) is 0 Å². The summed E-state index contributed by atoms with van der Waals surface area (Å²) >= 11 is 0. The number of hydrogen-bond donors (Lipinski definition) is 1. The van der Waals surface area contributed by atoms with E-state index in [0.717, 1.165) is 4.57 Å². The number of nitrogens with two attached hydrogens (primary N) is 1. The van der Waals surface area contributed by atoms with Crippen LogP contribution in [0.15, 0.2) is 48.5 Å². The molecule has 5 nitrogen and oxygen atoms in total. The summed E-state index contributed by atoms with van der Waals surface area (Å²) in [5, 5.41) is 0. The predicted molar refractivity (Wildman–Crippen MR) is 80.3 cm³/mol. The average Bonchev–Trinajstić information content (AvgIpc) is 2.91. The van der Waals surface area contributed by atoms with E-state index in [1.807, 2.05) is 0 Å². The van der Waals surface area contributed by atoms with Crippen LogP contribution >= 0.6 is 0 Å². The number of halogens is 2. The Bertz CT molecular complexity index is 861. The monoisotopic (exact) mass is 317 g/mol. The summed E-state index contributed by atoms with van der Waals surface area (Å²) in [5.41, 5.74) is 6.23. The van der Waals surface area contributed by atoms with E-state index in [1.54, 1.807) is 42.5 Å². The number of carbonyl (C=O) groups excluding carboxylic acids is 1. The molecule has 0 radical (unpaired) electrons. The van der Waals surface area contributed by atoms with Gasteiger partial charge < -0.3 is 10.5 Å². The van der Waals surface area contributed by atoms with E-state index in [9.17, 15) is 13.6 Å². The van der Waals surface area contributed by atoms with Gasteiger partial charge in [-0.05, 0) is 24.3 Å². The first-order valence-corrected chi connectivity index (χ1v) is 6.83. The Hall–Kier alpha value is -2.96. The van der Waals surface area contributed by atoms with Crippen LogP contribution in [0.4, 0.5) is 8.78 Å². The van der Waals surface area contributed by atoms with Gasteiger partial charge in [0.1, 0.15) is 12.4 Å². The molecule has 3 aromatic rings. The van der Waals surface area contributed by atoms with E-state index in [4.69, 9.17) is 10.5 Å². The van der Waals surface area contributed by atoms with Gasteiger partial charge in [-0.25, -0.2) is 4.98 Å². The molecule has 0 aliphatic heterocycles. The molecule has 0 fully saturated rings. The average molecular weight is 317 g/mol. The van der Waals surface area contributed by atoms with E-state index in [0.29, 0.717) is 11.0 Å². The molecule has 0 saturated heterocycles. The van der Waals surface area contributed by atoms with Crippen LogP contribution in [0.1, 0.15) is 22.7 Å². The molecule has 0 unspecified atom stereocenters. The lowest BCUT2D eigenvalue weighted by atomic mass is 10.2. The second-order valence-electron chi connectivity index (χ2n) is 4.81. The molecular weight excluding hydrogens is 304 g/mol. The minimum Gasteiger partial charge on any atom is -0.485 e. The number of fused-ring (bicyclic) bond motifs is 1. The van der Waals surface area contributed by atoms with Gasteiger partial charge >= 0.3 is 6.55 Å². The van der Waals surface area contributed by atoms with Crippen LogP contribution in [0.3, 0.4) is 0 Å². The molecule has 0 aliphatic carbocycles. The number of ether oxygens (including phenoxy) is 1. The maximum Gasteiger partial charge on any atom is 0.320 e. The van der Waals surface area contributed by atoms with Crippen LogP contribution in [-0.2, 0) is 6.61 Å². The van der Waals surface area contributed by atoms with Gasteiger partial charge in [0.15, 0.2) is 5.82 Å². The van der Waals surface area contributed by atoms with Crippen LogP contribution in [0, 0.1) is 0 Å². The molecule has 0 bridgehead atoms. The molecule has 2 N–H and O–H groups in total. The smallest absolute Gasteiger partial charge is 0.320 e. The molecule has 3 rings (SSSR count). The highest BCUT2D eigenvalue weighted by molar-refractivity contribution is 5.95. The van der Waals surface area contributed by atoms with Crippen molar-refractivity contribution in [3.05, 3.63) is 59.9 Å². The van der Waals surface area contributed by atoms with Gasteiger partial charge in [-0.15, -0.1) is 0 Å². The molecule has 2 aromatic carbocycles. The van der Waals surface area contributed by atoms with Gasteiger partial charge in [-0.1, -0.05) is 24.3 Å². The lowest BCUT2D eigenvalue weighted by Crippen LogP contribution is -2.14. The number of para-hydroxylation sites is 3. The highest BCUT2D eigenvalue weighted by Gasteiger charge is 2.18. The van der Waals surface area contributed by atoms with Gasteiger partial charge in [0.05, 0.1) is 16.6 Å². The minimum absolute atomic E-state index is 0.0699. The summed E-state index contributed by atoms with van der Waals surface area (Å²) in [4.78, 5) is 15.5. The zero-order valence-electron chi connectivity index (χ0n) is 11.9. The van der Waals surface area contributed by atoms with Crippen molar-refractivity contribution in [2.45, 2.75) is 13.2 Å². The van der Waals surface area contributed by atoms with Gasteiger partial charge in [-0.3, -0.25) is 9.36 Å². The molecule has 1 aromatic heterocycles. The maximum absolute atomic E-state index is 13.3. The Balaban J connectivity index is 1.94. The zero-order chi connectivity index (χ0) is 16.4. The fraction of sp³-hybridized carbons (Fsp3) is 0.125. The fourth-order valence-electron chi connectivity index (χ4n) is 2.35. The lowest BCUT2D eigenvalue weighted by molar-refractivity contribution is 0.0675. The predicted octanol–water partition coefficient (Wildman–Crippen LogP) is 3.11. The number of amides is 1. The molecule has 0 saturated carbocycles. The van der Waals surface area contributed by atoms with E-state index in [1.165, 1.54) is 6.07 Å². The summed E-state index contributed by atoms with van der Waals surface area (Å²) in [6.45, 7) is -2.95. The summed E-state index contributed by atoms with van der Waals surface area (Å²) in [6.07, 6.45) is 0. The van der Waals surface area contributed by atoms with Gasteiger partial charge in [0.2, 0.25) is 0 Å². The molecule has 0 aliphatic rings. The Labute approximate surface area is 130 Å². The number of rotatable bonds is 5. The van der Waals surface area contributed by atoms with Crippen molar-refractivity contribution in [3.63, 3.8) is 0 Å². The number of hydrogen-bond acceptors (Lipinski definition) is 3. The van der Waals surface area contributed by atoms with Crippen molar-refractivity contribution in [1.82, 2.24) is 9.55 Å². The minimum atomic E-state index is -2.74. The van der Waals surface area contributed by atoms with Crippen LogP contribution < -0.4 is 10.5 Å². The van der Waals surface area contributed by atoms with Crippen LogP contribution in [0.25, 0.3) is 11.0 Å². The van der Waals surface area contributed by atoms with Crippen LogP contribution in [0.5, 0.6) is 5.75 Å². The first-order chi connectivity index (χ1) is 11.1. The first kappa shape index (κ1) is 15.0. The molecule has 1 amide bonds. The number of alkyl halides is 2. The van der Waals surface area contributed by atoms with Crippen LogP contribution in [0.2, 0.25) is 0 Å². The number of imidazole rings is 1. The Morgan fingerprint density at radius 2 is 1.87 bits per heavy atom. The van der Waals surface area contributed by atoms with E-state index in [-0.39, 0.29) is 23.7 Å². The molecule has 118 valence electrons. The standard InChI is InChI=1S/C16H13F2N3O2/c17-16(18)21-12-7-3-2-6-11(12)20-14(21)9-23-13-8-4-1-5-10(13)15(19)22/h1-8,16H,9H2,(H2,19,22). The number of nitrogens with zero attached hydrogens (tertiary/aromatic N) is 2. The third-order valence-electron chi connectivity index (χ3n) is 3.37. The quantitative estimate of drug-likeness (QED) is 0.786. The van der Waals surface area contributed by atoms with E-state index in [2.05, 4.69) is 4.98 Å². The maximum atomic E-state index is 13.3. The highest BCUT2D eigenvalue weighted by atomic mass is 19.3. The normalized spacial score (nSPS) is 11.1. The number of carbonyl (C=O) groups is 1. The molecule has 0 spiro atoms. The number of aromatic nitrogens is 2. The van der Waals surface area contributed by atoms with Crippen molar-refractivity contribution in [2.24, 2.45) is 5.73 Å². The molecule has 1 heterocycles. The van der Waals surface area contributed by atoms with Crippen molar-refractivity contribution in [2.75, 3.05) is 0 Å². The summed E-state index contributed by atoms with van der Waals surface area (Å²) in [6, 6.07) is 13.0. The molecule has 7 heteroatoms. The fourth-order valence-corrected chi connectivity index (χ4v) is 2.35. The lowest BCUT2D eigenvalue weighted by Gasteiger charge is -2.11. The Morgan fingerprint density at radius 3 is 2.61 bits per heavy atom. The van der Waals surface area contributed by atoms with Gasteiger partial charge in [0.25, 0.3) is 5.91 Å². The third-order valence-corrected chi connectivity index (χ3v) is 3.37. The second kappa shape index (κ2) is 6.04. The van der Waals surface area contributed by atoms with E-state index >= 15 is 0 Å². The summed E-state index contributed by atoms with van der Waals surface area (Å²) < 4.78 is 32.9. The molecule has 23 heavy (non-hydrogen) atoms. The van der Waals surface area contributed by atoms with Crippen molar-refractivity contribution in [1.29, 1.82) is 0 Å². The third kappa shape index (κ3) is 2.85. The van der Waals surface area contributed by atoms with Crippen LogP contribution in [-0.4, -0.2) is 15.5 Å². The van der Waals surface area contributed by atoms with Crippen molar-refractivity contribution in [3.8, 4) is 5.75 Å². The summed E-state index contributed by atoms with van der Waals surface area (Å²) in [5.74, 6) is -0.351. The number of primary amides is 1. The Morgan fingerprint density at radius 1 is 1.17 bits per heavy atom. The molecule has 0 atom stereocenters. The first-order valence-electron chi connectivity index (χ1n) is 6.83. The number of benzene rings is 2. The highest BCUT2D eigenvalue weighted by Crippen LogP contribution is 2.25. The van der Waals surface area contributed by atoms with Crippen molar-refractivity contribution < 1.29 is 18.3 Å². The molecular formula is C16H13F2N3O2. The SMILES string of the molecule is NC(=O)c1ccccc1OCc1nc2ccccc2n1C(F)F. The summed E-state index contributed by atoms with van der Waals surface area (Å²) in [7, 11) is 0. The van der Waals surface area contributed by atoms with Crippen molar-refractivity contribution >= 4 is 16.9 Å². The van der Waals surface area contributed by atoms with Gasteiger partial charge in [-0.2, -0.15) is 8.78 Å². The van der Waals surface area contributed by atoms with E-state index < -0.39 is 12.5 Å². The topological polar surface area (TPSA) is 70.1 Å². The largest absolute Gasteiger partial charge is 0.485 e. The second-order valence-corrected chi connectivity index (χ2v) is 4.81. The Kier molecular flexibility index (Phi) is 3.92.